The molecule has 2 aromatic rings. The van der Waals surface area contributed by atoms with E-state index in [1.807, 2.05) is 24.3 Å². The molecular formula is C15H16N4OS. The summed E-state index contributed by atoms with van der Waals surface area (Å²) in [4.78, 5) is 23.7. The molecule has 0 fully saturated rings. The molecule has 1 aliphatic heterocycles. The Morgan fingerprint density at radius 1 is 1.38 bits per heavy atom. The second-order valence-electron chi connectivity index (χ2n) is 4.79. The molecule has 5 nitrogen and oxygen atoms in total. The van der Waals surface area contributed by atoms with Gasteiger partial charge in [-0.1, -0.05) is 19.1 Å². The molecule has 1 aromatic heterocycles. The Balaban J connectivity index is 1.85. The highest BCUT2D eigenvalue weighted by Crippen LogP contribution is 2.27. The number of rotatable bonds is 3. The fraction of sp³-hybridized carbons (Fsp3) is 0.267. The van der Waals surface area contributed by atoms with Gasteiger partial charge in [0.2, 0.25) is 5.95 Å². The van der Waals surface area contributed by atoms with E-state index in [4.69, 9.17) is 5.73 Å². The van der Waals surface area contributed by atoms with Crippen LogP contribution in [0, 0.1) is 0 Å². The number of hydrogen-bond donors (Lipinski definition) is 1. The lowest BCUT2D eigenvalue weighted by atomic mass is 10.2. The van der Waals surface area contributed by atoms with E-state index < -0.39 is 0 Å². The fourth-order valence-electron chi connectivity index (χ4n) is 2.41. The quantitative estimate of drug-likeness (QED) is 0.881. The minimum absolute atomic E-state index is 0.0307. The van der Waals surface area contributed by atoms with Gasteiger partial charge in [-0.2, -0.15) is 0 Å². The lowest BCUT2D eigenvalue weighted by Gasteiger charge is -2.17. The molecule has 108 valence electrons. The number of nitrogens with zero attached hydrogens (tertiary/aromatic N) is 3. The number of benzene rings is 1. The van der Waals surface area contributed by atoms with Crippen LogP contribution in [0.2, 0.25) is 0 Å². The summed E-state index contributed by atoms with van der Waals surface area (Å²) in [5, 5.41) is 0. The van der Waals surface area contributed by atoms with Gasteiger partial charge in [0.05, 0.1) is 17.8 Å². The first-order valence-electron chi connectivity index (χ1n) is 6.80. The second kappa shape index (κ2) is 5.73. The molecule has 3 rings (SSSR count). The molecule has 1 aromatic carbocycles. The number of carbonyl (C=O) groups excluding carboxylic acids is 1. The first-order chi connectivity index (χ1) is 10.2. The summed E-state index contributed by atoms with van der Waals surface area (Å²) < 4.78 is 0. The zero-order chi connectivity index (χ0) is 14.8. The molecule has 0 bridgehead atoms. The third-order valence-corrected chi connectivity index (χ3v) is 4.33. The first-order valence-corrected chi connectivity index (χ1v) is 7.79. The van der Waals surface area contributed by atoms with E-state index in [2.05, 4.69) is 16.9 Å². The van der Waals surface area contributed by atoms with Crippen molar-refractivity contribution in [2.75, 3.05) is 11.5 Å². The summed E-state index contributed by atoms with van der Waals surface area (Å²) in [6.45, 7) is 3.11. The van der Waals surface area contributed by atoms with Crippen molar-refractivity contribution in [2.24, 2.45) is 0 Å². The molecule has 2 heterocycles. The van der Waals surface area contributed by atoms with Crippen LogP contribution < -0.4 is 5.73 Å². The largest absolute Gasteiger partial charge is 0.368 e. The van der Waals surface area contributed by atoms with Gasteiger partial charge in [-0.25, -0.2) is 9.97 Å². The van der Waals surface area contributed by atoms with E-state index in [0.29, 0.717) is 13.1 Å². The lowest BCUT2D eigenvalue weighted by Crippen LogP contribution is -2.25. The molecule has 0 saturated heterocycles. The third-order valence-electron chi connectivity index (χ3n) is 3.38. The maximum Gasteiger partial charge on any atom is 0.255 e. The van der Waals surface area contributed by atoms with Gasteiger partial charge in [0.1, 0.15) is 0 Å². The summed E-state index contributed by atoms with van der Waals surface area (Å²) in [6.07, 6.45) is 1.71. The molecular weight excluding hydrogens is 284 g/mol. The topological polar surface area (TPSA) is 72.1 Å². The number of carbonyl (C=O) groups is 1. The third kappa shape index (κ3) is 2.71. The van der Waals surface area contributed by atoms with E-state index in [1.165, 1.54) is 0 Å². The monoisotopic (exact) mass is 300 g/mol. The summed E-state index contributed by atoms with van der Waals surface area (Å²) in [5.41, 5.74) is 8.16. The number of anilines is 1. The Kier molecular flexibility index (Phi) is 3.79. The Morgan fingerprint density at radius 2 is 2.19 bits per heavy atom. The fourth-order valence-corrected chi connectivity index (χ4v) is 3.20. The van der Waals surface area contributed by atoms with Gasteiger partial charge in [0, 0.05) is 23.2 Å². The van der Waals surface area contributed by atoms with Crippen molar-refractivity contribution in [1.82, 2.24) is 14.9 Å². The van der Waals surface area contributed by atoms with Gasteiger partial charge in [0.15, 0.2) is 0 Å². The van der Waals surface area contributed by atoms with Crippen LogP contribution >= 0.6 is 11.8 Å². The average molecular weight is 300 g/mol. The van der Waals surface area contributed by atoms with E-state index in [1.54, 1.807) is 22.9 Å². The maximum absolute atomic E-state index is 12.7. The molecule has 21 heavy (non-hydrogen) atoms. The highest BCUT2D eigenvalue weighted by Gasteiger charge is 2.27. The molecule has 0 unspecified atom stereocenters. The molecule has 0 aliphatic carbocycles. The van der Waals surface area contributed by atoms with Crippen LogP contribution in [-0.2, 0) is 13.1 Å². The predicted octanol–water partition coefficient (Wildman–Crippen LogP) is 2.33. The van der Waals surface area contributed by atoms with Crippen LogP contribution in [0.25, 0.3) is 0 Å². The molecule has 2 N–H and O–H groups in total. The zero-order valence-electron chi connectivity index (χ0n) is 11.7. The van der Waals surface area contributed by atoms with E-state index in [-0.39, 0.29) is 11.9 Å². The number of nitrogens with two attached hydrogens (primary N) is 1. The summed E-state index contributed by atoms with van der Waals surface area (Å²) >= 11 is 1.68. The van der Waals surface area contributed by atoms with Gasteiger partial charge in [-0.05, 0) is 17.9 Å². The van der Waals surface area contributed by atoms with Crippen LogP contribution in [-0.4, -0.2) is 26.5 Å². The molecule has 0 radical (unpaired) electrons. The van der Waals surface area contributed by atoms with Crippen LogP contribution in [0.3, 0.4) is 0 Å². The molecule has 0 saturated carbocycles. The van der Waals surface area contributed by atoms with Crippen LogP contribution in [0.4, 0.5) is 5.95 Å². The maximum atomic E-state index is 12.7. The number of hydrogen-bond acceptors (Lipinski definition) is 5. The number of aromatic nitrogens is 2. The number of nitrogen functional groups attached to an aromatic ring is 1. The van der Waals surface area contributed by atoms with Gasteiger partial charge in [-0.3, -0.25) is 4.79 Å². The molecule has 6 heteroatoms. The normalized spacial score (nSPS) is 13.3. The number of amides is 1. The van der Waals surface area contributed by atoms with Gasteiger partial charge >= 0.3 is 0 Å². The van der Waals surface area contributed by atoms with Crippen molar-refractivity contribution in [3.05, 3.63) is 47.3 Å². The van der Waals surface area contributed by atoms with Crippen molar-refractivity contribution in [3.63, 3.8) is 0 Å². The minimum Gasteiger partial charge on any atom is -0.368 e. The standard InChI is InChI=1S/C15H16N4OS/c1-2-21-13-6-4-3-5-11(13)14(20)19-8-10-7-17-15(16)18-12(10)9-19/h3-7H,2,8-9H2,1H3,(H2,16,17,18). The Hall–Kier alpha value is -2.08. The van der Waals surface area contributed by atoms with Crippen molar-refractivity contribution >= 4 is 23.6 Å². The summed E-state index contributed by atoms with van der Waals surface area (Å²) in [6, 6.07) is 7.72. The number of fused-ring (bicyclic) bond motifs is 1. The van der Waals surface area contributed by atoms with Crippen molar-refractivity contribution in [2.45, 2.75) is 24.9 Å². The molecule has 0 spiro atoms. The highest BCUT2D eigenvalue weighted by atomic mass is 32.2. The van der Waals surface area contributed by atoms with Crippen molar-refractivity contribution < 1.29 is 4.79 Å². The number of thioether (sulfide) groups is 1. The SMILES string of the molecule is CCSc1ccccc1C(=O)N1Cc2cnc(N)nc2C1. The van der Waals surface area contributed by atoms with Gasteiger partial charge in [0.25, 0.3) is 5.91 Å². The molecule has 1 amide bonds. The predicted molar refractivity (Wildman–Crippen MR) is 82.9 cm³/mol. The Morgan fingerprint density at radius 3 is 3.00 bits per heavy atom. The van der Waals surface area contributed by atoms with Crippen molar-refractivity contribution in [3.8, 4) is 0 Å². The van der Waals surface area contributed by atoms with E-state index in [0.717, 1.165) is 27.5 Å². The van der Waals surface area contributed by atoms with E-state index >= 15 is 0 Å². The highest BCUT2D eigenvalue weighted by molar-refractivity contribution is 7.99. The second-order valence-corrected chi connectivity index (χ2v) is 6.10. The Labute approximate surface area is 127 Å². The smallest absolute Gasteiger partial charge is 0.255 e. The van der Waals surface area contributed by atoms with Crippen LogP contribution in [0.15, 0.2) is 35.4 Å². The average Bonchev–Trinajstić information content (AvgIpc) is 2.90. The molecule has 0 atom stereocenters. The van der Waals surface area contributed by atoms with Crippen molar-refractivity contribution in [1.29, 1.82) is 0 Å². The minimum atomic E-state index is 0.0307. The van der Waals surface area contributed by atoms with E-state index in [9.17, 15) is 4.79 Å². The van der Waals surface area contributed by atoms with Gasteiger partial charge in [-0.15, -0.1) is 11.8 Å². The Bertz CT molecular complexity index is 689. The zero-order valence-corrected chi connectivity index (χ0v) is 12.6. The molecule has 1 aliphatic rings. The van der Waals surface area contributed by atoms with Crippen LogP contribution in [0.1, 0.15) is 28.5 Å². The lowest BCUT2D eigenvalue weighted by molar-refractivity contribution is 0.0747. The summed E-state index contributed by atoms with van der Waals surface area (Å²) in [5.74, 6) is 1.22. The van der Waals surface area contributed by atoms with Crippen LogP contribution in [0.5, 0.6) is 0 Å². The van der Waals surface area contributed by atoms with Gasteiger partial charge < -0.3 is 10.6 Å². The summed E-state index contributed by atoms with van der Waals surface area (Å²) in [7, 11) is 0. The first kappa shape index (κ1) is 13.9.